The van der Waals surface area contributed by atoms with Gasteiger partial charge in [-0.2, -0.15) is 5.10 Å². The van der Waals surface area contributed by atoms with Crippen molar-refractivity contribution in [1.29, 1.82) is 0 Å². The number of guanidine groups is 1. The third kappa shape index (κ3) is 4.70. The Kier molecular flexibility index (Phi) is 5.90. The molecule has 25 heavy (non-hydrogen) atoms. The first-order valence-corrected chi connectivity index (χ1v) is 9.23. The van der Waals surface area contributed by atoms with Crippen LogP contribution in [0.1, 0.15) is 50.2 Å². The lowest BCUT2D eigenvalue weighted by Gasteiger charge is -2.33. The maximum absolute atomic E-state index is 10.6. The quantitative estimate of drug-likeness (QED) is 0.532. The highest BCUT2D eigenvalue weighted by Gasteiger charge is 2.29. The Bertz CT molecular complexity index is 594. The summed E-state index contributed by atoms with van der Waals surface area (Å²) in [5.41, 5.74) is -0.601. The molecule has 0 radical (unpaired) electrons. The van der Waals surface area contributed by atoms with Gasteiger partial charge in [-0.05, 0) is 19.3 Å². The summed E-state index contributed by atoms with van der Waals surface area (Å²) in [6, 6.07) is 0.247. The van der Waals surface area contributed by atoms with Gasteiger partial charge in [-0.3, -0.25) is 4.99 Å². The SMILES string of the molecule is CN=C(NCC1(O)CCCCC1)NC1CCc2nc(COC)nn2C1. The number of hydrogen-bond donors (Lipinski definition) is 3. The van der Waals surface area contributed by atoms with E-state index < -0.39 is 5.60 Å². The van der Waals surface area contributed by atoms with Crippen molar-refractivity contribution in [3.63, 3.8) is 0 Å². The first kappa shape index (κ1) is 18.1. The number of nitrogens with zero attached hydrogens (tertiary/aromatic N) is 4. The van der Waals surface area contributed by atoms with Crippen LogP contribution in [0.3, 0.4) is 0 Å². The average molecular weight is 350 g/mol. The molecule has 8 nitrogen and oxygen atoms in total. The summed E-state index contributed by atoms with van der Waals surface area (Å²) in [4.78, 5) is 8.81. The van der Waals surface area contributed by atoms with Crippen LogP contribution in [0.2, 0.25) is 0 Å². The lowest BCUT2D eigenvalue weighted by atomic mass is 9.85. The van der Waals surface area contributed by atoms with Gasteiger partial charge in [0.25, 0.3) is 0 Å². The minimum atomic E-state index is -0.601. The van der Waals surface area contributed by atoms with Crippen molar-refractivity contribution in [2.75, 3.05) is 20.7 Å². The zero-order valence-electron chi connectivity index (χ0n) is 15.3. The van der Waals surface area contributed by atoms with Crippen LogP contribution in [0.15, 0.2) is 4.99 Å². The van der Waals surface area contributed by atoms with Crippen LogP contribution in [0.4, 0.5) is 0 Å². The molecule has 1 aliphatic heterocycles. The minimum absolute atomic E-state index is 0.247. The Hall–Kier alpha value is -1.67. The standard InChI is InChI=1S/C17H30N6O2/c1-18-16(19-12-17(24)8-4-3-5-9-17)20-13-6-7-15-21-14(11-25-2)22-23(15)10-13/h13,24H,3-12H2,1-2H3,(H2,18,19,20). The van der Waals surface area contributed by atoms with Crippen LogP contribution in [-0.4, -0.2) is 58.2 Å². The lowest BCUT2D eigenvalue weighted by Crippen LogP contribution is -2.51. The Morgan fingerprint density at radius 3 is 2.92 bits per heavy atom. The maximum atomic E-state index is 10.6. The zero-order chi connectivity index (χ0) is 17.7. The molecular formula is C17H30N6O2. The second-order valence-electron chi connectivity index (χ2n) is 7.15. The van der Waals surface area contributed by atoms with E-state index in [4.69, 9.17) is 4.74 Å². The van der Waals surface area contributed by atoms with E-state index in [-0.39, 0.29) is 6.04 Å². The number of aryl methyl sites for hydroxylation is 1. The van der Waals surface area contributed by atoms with Crippen LogP contribution < -0.4 is 10.6 Å². The molecule has 2 aliphatic rings. The summed E-state index contributed by atoms with van der Waals surface area (Å²) < 4.78 is 7.06. The second kappa shape index (κ2) is 8.14. The molecule has 0 amide bonds. The van der Waals surface area contributed by atoms with Crippen molar-refractivity contribution < 1.29 is 9.84 Å². The smallest absolute Gasteiger partial charge is 0.191 e. The summed E-state index contributed by atoms with van der Waals surface area (Å²) in [5.74, 6) is 2.49. The fourth-order valence-electron chi connectivity index (χ4n) is 3.69. The van der Waals surface area contributed by atoms with Crippen molar-refractivity contribution in [2.45, 2.75) is 69.7 Å². The van der Waals surface area contributed by atoms with Gasteiger partial charge in [0.2, 0.25) is 0 Å². The zero-order valence-corrected chi connectivity index (χ0v) is 15.3. The van der Waals surface area contributed by atoms with Crippen molar-refractivity contribution >= 4 is 5.96 Å². The average Bonchev–Trinajstić information content (AvgIpc) is 3.01. The number of nitrogens with one attached hydrogen (secondary N) is 2. The molecule has 0 bridgehead atoms. The van der Waals surface area contributed by atoms with Gasteiger partial charge in [-0.1, -0.05) is 19.3 Å². The number of methoxy groups -OCH3 is 1. The van der Waals surface area contributed by atoms with E-state index in [1.165, 1.54) is 6.42 Å². The molecule has 3 N–H and O–H groups in total. The van der Waals surface area contributed by atoms with Crippen molar-refractivity contribution in [1.82, 2.24) is 25.4 Å². The normalized spacial score (nSPS) is 23.2. The maximum Gasteiger partial charge on any atom is 0.191 e. The molecule has 1 unspecified atom stereocenters. The van der Waals surface area contributed by atoms with Gasteiger partial charge in [-0.25, -0.2) is 9.67 Å². The first-order valence-electron chi connectivity index (χ1n) is 9.23. The van der Waals surface area contributed by atoms with E-state index in [0.29, 0.717) is 13.2 Å². The van der Waals surface area contributed by atoms with E-state index in [2.05, 4.69) is 25.7 Å². The fraction of sp³-hybridized carbons (Fsp3) is 0.824. The van der Waals surface area contributed by atoms with Gasteiger partial charge < -0.3 is 20.5 Å². The molecule has 3 rings (SSSR count). The topological polar surface area (TPSA) is 96.6 Å². The molecule has 1 atom stereocenters. The van der Waals surface area contributed by atoms with Crippen molar-refractivity contribution in [2.24, 2.45) is 4.99 Å². The summed E-state index contributed by atoms with van der Waals surface area (Å²) >= 11 is 0. The van der Waals surface area contributed by atoms with E-state index in [9.17, 15) is 5.11 Å². The predicted octanol–water partition coefficient (Wildman–Crippen LogP) is 0.599. The van der Waals surface area contributed by atoms with Gasteiger partial charge in [0.1, 0.15) is 12.4 Å². The molecule has 1 aromatic heterocycles. The van der Waals surface area contributed by atoms with Crippen LogP contribution in [0.25, 0.3) is 0 Å². The van der Waals surface area contributed by atoms with Gasteiger partial charge in [0.05, 0.1) is 12.1 Å². The molecule has 0 aromatic carbocycles. The van der Waals surface area contributed by atoms with Crippen LogP contribution in [0, 0.1) is 0 Å². The van der Waals surface area contributed by atoms with Gasteiger partial charge in [0.15, 0.2) is 11.8 Å². The molecule has 1 fully saturated rings. The number of aromatic nitrogens is 3. The predicted molar refractivity (Wildman–Crippen MR) is 95.4 cm³/mol. The summed E-state index contributed by atoms with van der Waals surface area (Å²) in [5, 5.41) is 21.9. The number of aliphatic hydroxyl groups is 1. The lowest BCUT2D eigenvalue weighted by molar-refractivity contribution is 0.00854. The minimum Gasteiger partial charge on any atom is -0.388 e. The van der Waals surface area contributed by atoms with Crippen molar-refractivity contribution in [3.05, 3.63) is 11.6 Å². The fourth-order valence-corrected chi connectivity index (χ4v) is 3.69. The van der Waals surface area contributed by atoms with E-state index >= 15 is 0 Å². The monoisotopic (exact) mass is 350 g/mol. The molecular weight excluding hydrogens is 320 g/mol. The highest BCUT2D eigenvalue weighted by molar-refractivity contribution is 5.80. The van der Waals surface area contributed by atoms with E-state index in [0.717, 1.165) is 62.7 Å². The number of hydrogen-bond acceptors (Lipinski definition) is 5. The van der Waals surface area contributed by atoms with Gasteiger partial charge in [-0.15, -0.1) is 0 Å². The number of fused-ring (bicyclic) bond motifs is 1. The molecule has 8 heteroatoms. The Balaban J connectivity index is 1.52. The number of rotatable bonds is 5. The number of ether oxygens (including phenoxy) is 1. The van der Waals surface area contributed by atoms with Crippen LogP contribution in [-0.2, 0) is 24.3 Å². The first-order chi connectivity index (χ1) is 12.1. The summed E-state index contributed by atoms with van der Waals surface area (Å²) in [7, 11) is 3.42. The molecule has 0 spiro atoms. The Morgan fingerprint density at radius 2 is 2.20 bits per heavy atom. The van der Waals surface area contributed by atoms with E-state index in [1.54, 1.807) is 14.2 Å². The van der Waals surface area contributed by atoms with Gasteiger partial charge >= 0.3 is 0 Å². The highest BCUT2D eigenvalue weighted by Crippen LogP contribution is 2.27. The molecule has 1 aromatic rings. The van der Waals surface area contributed by atoms with Crippen molar-refractivity contribution in [3.8, 4) is 0 Å². The molecule has 140 valence electrons. The third-order valence-corrected chi connectivity index (χ3v) is 5.11. The molecule has 1 aliphatic carbocycles. The Morgan fingerprint density at radius 1 is 1.40 bits per heavy atom. The van der Waals surface area contributed by atoms with Gasteiger partial charge in [0, 0.05) is 33.2 Å². The van der Waals surface area contributed by atoms with E-state index in [1.807, 2.05) is 4.68 Å². The highest BCUT2D eigenvalue weighted by atomic mass is 16.5. The Labute approximate surface area is 149 Å². The van der Waals surface area contributed by atoms with Crippen LogP contribution >= 0.6 is 0 Å². The second-order valence-corrected chi connectivity index (χ2v) is 7.15. The van der Waals surface area contributed by atoms with Crippen LogP contribution in [0.5, 0.6) is 0 Å². The third-order valence-electron chi connectivity index (χ3n) is 5.11. The molecule has 1 saturated carbocycles. The number of aliphatic imine (C=N–C) groups is 1. The molecule has 0 saturated heterocycles. The summed E-state index contributed by atoms with van der Waals surface area (Å²) in [6.45, 7) is 1.75. The largest absolute Gasteiger partial charge is 0.388 e. The summed E-state index contributed by atoms with van der Waals surface area (Å²) in [6.07, 6.45) is 7.03. The molecule has 2 heterocycles.